The summed E-state index contributed by atoms with van der Waals surface area (Å²) in [7, 11) is 0. The molecule has 122 valence electrons. The Bertz CT molecular complexity index is 509. The first kappa shape index (κ1) is 16.4. The molecule has 0 spiro atoms. The van der Waals surface area contributed by atoms with Crippen LogP contribution >= 0.6 is 0 Å². The van der Waals surface area contributed by atoms with Gasteiger partial charge >= 0.3 is 12.4 Å². The van der Waals surface area contributed by atoms with Crippen LogP contribution in [-0.2, 0) is 4.74 Å². The lowest BCUT2D eigenvalue weighted by atomic mass is 10.2. The van der Waals surface area contributed by atoms with E-state index >= 15 is 0 Å². The maximum atomic E-state index is 12.1. The Balaban J connectivity index is 1.94. The van der Waals surface area contributed by atoms with Gasteiger partial charge in [-0.15, -0.1) is 13.2 Å². The molecule has 1 aliphatic heterocycles. The van der Waals surface area contributed by atoms with Gasteiger partial charge in [0, 0.05) is 18.8 Å². The fourth-order valence-electron chi connectivity index (χ4n) is 2.29. The number of benzene rings is 1. The number of anilines is 1. The van der Waals surface area contributed by atoms with Crippen LogP contribution in [0.4, 0.5) is 23.7 Å². The molecule has 1 fully saturated rings. The number of carbonyl (C=O) groups excluding carboxylic acids is 1. The highest BCUT2D eigenvalue weighted by Gasteiger charge is 2.31. The van der Waals surface area contributed by atoms with E-state index in [4.69, 9.17) is 4.74 Å². The number of hydrogen-bond donors (Lipinski definition) is 1. The topological polar surface area (TPSA) is 50.8 Å². The average molecular weight is 318 g/mol. The number of nitrogens with zero attached hydrogens (tertiary/aromatic N) is 1. The Morgan fingerprint density at radius 2 is 1.77 bits per heavy atom. The molecule has 2 amide bonds. The Morgan fingerprint density at radius 3 is 2.27 bits per heavy atom. The van der Waals surface area contributed by atoms with Crippen molar-refractivity contribution in [3.8, 4) is 5.75 Å². The highest BCUT2D eigenvalue weighted by molar-refractivity contribution is 5.89. The maximum Gasteiger partial charge on any atom is 0.573 e. The van der Waals surface area contributed by atoms with Crippen LogP contribution in [0.2, 0.25) is 0 Å². The molecule has 5 nitrogen and oxygen atoms in total. The average Bonchev–Trinajstić information content (AvgIpc) is 2.38. The van der Waals surface area contributed by atoms with Crippen LogP contribution in [-0.4, -0.2) is 42.6 Å². The summed E-state index contributed by atoms with van der Waals surface area (Å²) in [5, 5.41) is 2.64. The SMILES string of the molecule is C[C@@H]1CN(C(=O)Nc2ccc(OC(F)(F)F)cc2)C[C@@H](C)O1. The number of rotatable bonds is 2. The van der Waals surface area contributed by atoms with Crippen LogP contribution in [0.25, 0.3) is 0 Å². The highest BCUT2D eigenvalue weighted by Crippen LogP contribution is 2.24. The number of nitrogens with one attached hydrogen (secondary N) is 1. The van der Waals surface area contributed by atoms with Crippen LogP contribution in [0.3, 0.4) is 0 Å². The Morgan fingerprint density at radius 1 is 1.23 bits per heavy atom. The number of alkyl halides is 3. The van der Waals surface area contributed by atoms with Gasteiger partial charge in [0.25, 0.3) is 0 Å². The third-order valence-electron chi connectivity index (χ3n) is 3.05. The zero-order valence-electron chi connectivity index (χ0n) is 12.2. The van der Waals surface area contributed by atoms with Gasteiger partial charge in [0.15, 0.2) is 0 Å². The molecule has 0 radical (unpaired) electrons. The lowest BCUT2D eigenvalue weighted by molar-refractivity contribution is -0.274. The minimum atomic E-state index is -4.73. The lowest BCUT2D eigenvalue weighted by Crippen LogP contribution is -2.49. The number of ether oxygens (including phenoxy) is 2. The van der Waals surface area contributed by atoms with Gasteiger partial charge in [0.1, 0.15) is 5.75 Å². The Kier molecular flexibility index (Phi) is 4.80. The van der Waals surface area contributed by atoms with E-state index in [1.54, 1.807) is 4.90 Å². The second kappa shape index (κ2) is 6.43. The van der Waals surface area contributed by atoms with Gasteiger partial charge in [0.05, 0.1) is 12.2 Å². The van der Waals surface area contributed by atoms with E-state index in [-0.39, 0.29) is 24.0 Å². The molecule has 1 N–H and O–H groups in total. The molecule has 1 aromatic rings. The molecule has 1 aliphatic rings. The van der Waals surface area contributed by atoms with Crippen molar-refractivity contribution >= 4 is 11.7 Å². The molecule has 0 bridgehead atoms. The van der Waals surface area contributed by atoms with Crippen LogP contribution < -0.4 is 10.1 Å². The number of urea groups is 1. The van der Waals surface area contributed by atoms with Crippen molar-refractivity contribution < 1.29 is 27.4 Å². The second-order valence-corrected chi connectivity index (χ2v) is 5.16. The van der Waals surface area contributed by atoms with Crippen molar-refractivity contribution in [3.63, 3.8) is 0 Å². The first-order valence-electron chi connectivity index (χ1n) is 6.80. The molecule has 0 unspecified atom stereocenters. The van der Waals surface area contributed by atoms with E-state index in [0.717, 1.165) is 12.1 Å². The van der Waals surface area contributed by atoms with Gasteiger partial charge in [-0.05, 0) is 38.1 Å². The van der Waals surface area contributed by atoms with Crippen molar-refractivity contribution in [2.45, 2.75) is 32.4 Å². The quantitative estimate of drug-likeness (QED) is 0.911. The fourth-order valence-corrected chi connectivity index (χ4v) is 2.29. The third kappa shape index (κ3) is 4.80. The van der Waals surface area contributed by atoms with Crippen molar-refractivity contribution in [2.75, 3.05) is 18.4 Å². The van der Waals surface area contributed by atoms with E-state index in [1.165, 1.54) is 12.1 Å². The summed E-state index contributed by atoms with van der Waals surface area (Å²) >= 11 is 0. The molecule has 8 heteroatoms. The molecule has 1 saturated heterocycles. The van der Waals surface area contributed by atoms with E-state index in [0.29, 0.717) is 18.8 Å². The largest absolute Gasteiger partial charge is 0.573 e. The minimum absolute atomic E-state index is 0.0583. The summed E-state index contributed by atoms with van der Waals surface area (Å²) in [5.74, 6) is -0.334. The molecular formula is C14H17F3N2O3. The van der Waals surface area contributed by atoms with E-state index < -0.39 is 6.36 Å². The Labute approximate surface area is 126 Å². The fraction of sp³-hybridized carbons (Fsp3) is 0.500. The van der Waals surface area contributed by atoms with Crippen LogP contribution in [0.5, 0.6) is 5.75 Å². The first-order valence-corrected chi connectivity index (χ1v) is 6.80. The Hall–Kier alpha value is -1.96. The normalized spacial score (nSPS) is 22.3. The monoisotopic (exact) mass is 318 g/mol. The number of amides is 2. The number of morpholine rings is 1. The van der Waals surface area contributed by atoms with Gasteiger partial charge in [0.2, 0.25) is 0 Å². The standard InChI is InChI=1S/C14H17F3N2O3/c1-9-7-19(8-10(2)21-9)13(20)18-11-3-5-12(6-4-11)22-14(15,16)17/h3-6,9-10H,7-8H2,1-2H3,(H,18,20)/t9-,10-/m1/s1. The first-order chi connectivity index (χ1) is 10.2. The third-order valence-corrected chi connectivity index (χ3v) is 3.05. The van der Waals surface area contributed by atoms with Crippen LogP contribution in [0, 0.1) is 0 Å². The number of hydrogen-bond acceptors (Lipinski definition) is 3. The van der Waals surface area contributed by atoms with Gasteiger partial charge in [-0.2, -0.15) is 0 Å². The molecule has 1 aromatic carbocycles. The summed E-state index contributed by atoms with van der Waals surface area (Å²) in [6, 6.07) is 4.69. The highest BCUT2D eigenvalue weighted by atomic mass is 19.4. The minimum Gasteiger partial charge on any atom is -0.406 e. The predicted octanol–water partition coefficient (Wildman–Crippen LogP) is 3.23. The van der Waals surface area contributed by atoms with Crippen molar-refractivity contribution in [1.82, 2.24) is 4.90 Å². The summed E-state index contributed by atoms with van der Waals surface area (Å²) in [5.41, 5.74) is 0.395. The zero-order valence-corrected chi connectivity index (χ0v) is 12.2. The van der Waals surface area contributed by atoms with Crippen LogP contribution in [0.15, 0.2) is 24.3 Å². The van der Waals surface area contributed by atoms with E-state index in [9.17, 15) is 18.0 Å². The smallest absolute Gasteiger partial charge is 0.406 e. The van der Waals surface area contributed by atoms with Crippen molar-refractivity contribution in [1.29, 1.82) is 0 Å². The second-order valence-electron chi connectivity index (χ2n) is 5.16. The molecule has 2 atom stereocenters. The predicted molar refractivity (Wildman–Crippen MR) is 73.7 cm³/mol. The van der Waals surface area contributed by atoms with Crippen LogP contribution in [0.1, 0.15) is 13.8 Å². The summed E-state index contributed by atoms with van der Waals surface area (Å²) < 4.78 is 45.5. The molecule has 1 heterocycles. The lowest BCUT2D eigenvalue weighted by Gasteiger charge is -2.35. The molecule has 0 aromatic heterocycles. The summed E-state index contributed by atoms with van der Waals surface area (Å²) in [4.78, 5) is 13.7. The number of carbonyl (C=O) groups is 1. The molecule has 22 heavy (non-hydrogen) atoms. The van der Waals surface area contributed by atoms with Crippen molar-refractivity contribution in [3.05, 3.63) is 24.3 Å². The van der Waals surface area contributed by atoms with Gasteiger partial charge < -0.3 is 19.7 Å². The zero-order chi connectivity index (χ0) is 16.3. The maximum absolute atomic E-state index is 12.1. The van der Waals surface area contributed by atoms with Gasteiger partial charge in [-0.25, -0.2) is 4.79 Å². The van der Waals surface area contributed by atoms with E-state index in [1.807, 2.05) is 13.8 Å². The van der Waals surface area contributed by atoms with E-state index in [2.05, 4.69) is 10.1 Å². The molecule has 2 rings (SSSR count). The molecule has 0 aliphatic carbocycles. The summed E-state index contributed by atoms with van der Waals surface area (Å²) in [6.07, 6.45) is -4.85. The van der Waals surface area contributed by atoms with Crippen molar-refractivity contribution in [2.24, 2.45) is 0 Å². The summed E-state index contributed by atoms with van der Waals surface area (Å²) in [6.45, 7) is 4.68. The molecule has 0 saturated carbocycles. The van der Waals surface area contributed by atoms with Gasteiger partial charge in [-0.1, -0.05) is 0 Å². The molecular weight excluding hydrogens is 301 g/mol. The number of halogens is 3. The van der Waals surface area contributed by atoms with Gasteiger partial charge in [-0.3, -0.25) is 0 Å².